The number of carbonyl (C=O) groups is 1. The minimum atomic E-state index is 0.129. The number of hydrogen-bond acceptors (Lipinski definition) is 3. The molecule has 23 heavy (non-hydrogen) atoms. The Balaban J connectivity index is 2.02. The number of hydrogen-bond donors (Lipinski definition) is 1. The van der Waals surface area contributed by atoms with Crippen LogP contribution in [-0.2, 0) is 11.2 Å². The Morgan fingerprint density at radius 3 is 2.57 bits per heavy atom. The lowest BCUT2D eigenvalue weighted by molar-refractivity contribution is -0.121. The standard InChI is InChI=1S/C19H29N3O/c1-4-7-18-19(6-3)22(14-23)17(13-21-18)12-20-16-10-8-15(5-2)9-11-16/h8-11,14,17,19-20H,4-7,12-13H2,1-3H3. The minimum Gasteiger partial charge on any atom is -0.383 e. The van der Waals surface area contributed by atoms with E-state index in [-0.39, 0.29) is 12.1 Å². The van der Waals surface area contributed by atoms with Gasteiger partial charge in [0.05, 0.1) is 18.6 Å². The molecule has 4 heteroatoms. The fourth-order valence-corrected chi connectivity index (χ4v) is 3.22. The van der Waals surface area contributed by atoms with E-state index in [4.69, 9.17) is 4.99 Å². The van der Waals surface area contributed by atoms with Crippen molar-refractivity contribution in [2.45, 2.75) is 58.5 Å². The van der Waals surface area contributed by atoms with Crippen LogP contribution in [0, 0.1) is 0 Å². The van der Waals surface area contributed by atoms with E-state index in [1.54, 1.807) is 0 Å². The lowest BCUT2D eigenvalue weighted by atomic mass is 9.98. The molecule has 1 heterocycles. The van der Waals surface area contributed by atoms with Crippen LogP contribution in [0.25, 0.3) is 0 Å². The number of nitrogens with one attached hydrogen (secondary N) is 1. The van der Waals surface area contributed by atoms with Crippen molar-refractivity contribution in [2.24, 2.45) is 4.99 Å². The molecular formula is C19H29N3O. The first kappa shape index (κ1) is 17.5. The summed E-state index contributed by atoms with van der Waals surface area (Å²) in [7, 11) is 0. The van der Waals surface area contributed by atoms with Gasteiger partial charge in [-0.15, -0.1) is 0 Å². The molecule has 1 aromatic carbocycles. The van der Waals surface area contributed by atoms with E-state index >= 15 is 0 Å². The van der Waals surface area contributed by atoms with Crippen LogP contribution >= 0.6 is 0 Å². The van der Waals surface area contributed by atoms with Crippen LogP contribution in [0.15, 0.2) is 29.3 Å². The zero-order chi connectivity index (χ0) is 16.7. The predicted octanol–water partition coefficient (Wildman–Crippen LogP) is 3.52. The number of nitrogens with zero attached hydrogens (tertiary/aromatic N) is 2. The topological polar surface area (TPSA) is 44.7 Å². The van der Waals surface area contributed by atoms with E-state index in [1.807, 2.05) is 4.90 Å². The molecule has 1 aliphatic heterocycles. The van der Waals surface area contributed by atoms with Crippen molar-refractivity contribution in [1.29, 1.82) is 0 Å². The van der Waals surface area contributed by atoms with Gasteiger partial charge < -0.3 is 10.2 Å². The average molecular weight is 315 g/mol. The van der Waals surface area contributed by atoms with E-state index in [1.165, 1.54) is 11.3 Å². The minimum absolute atomic E-state index is 0.129. The Hall–Kier alpha value is -1.84. The summed E-state index contributed by atoms with van der Waals surface area (Å²) in [4.78, 5) is 18.4. The fraction of sp³-hybridized carbons (Fsp3) is 0.579. The Bertz CT molecular complexity index is 524. The third kappa shape index (κ3) is 4.34. The van der Waals surface area contributed by atoms with Crippen LogP contribution < -0.4 is 5.32 Å². The van der Waals surface area contributed by atoms with Crippen LogP contribution in [0.5, 0.6) is 0 Å². The highest BCUT2D eigenvalue weighted by atomic mass is 16.1. The number of carbonyl (C=O) groups excluding carboxylic acids is 1. The maximum atomic E-state index is 11.6. The van der Waals surface area contributed by atoms with Gasteiger partial charge in [0, 0.05) is 17.9 Å². The molecule has 4 nitrogen and oxygen atoms in total. The van der Waals surface area contributed by atoms with Gasteiger partial charge in [-0.25, -0.2) is 0 Å². The van der Waals surface area contributed by atoms with Crippen LogP contribution in [0.1, 0.15) is 45.6 Å². The van der Waals surface area contributed by atoms with Gasteiger partial charge >= 0.3 is 0 Å². The van der Waals surface area contributed by atoms with Crippen LogP contribution in [0.4, 0.5) is 5.69 Å². The van der Waals surface area contributed by atoms with Crippen LogP contribution in [-0.4, -0.2) is 42.2 Å². The molecule has 1 aromatic rings. The SMILES string of the molecule is CCCC1=NCC(CNc2ccc(CC)cc2)N(C=O)C1CC. The highest BCUT2D eigenvalue weighted by molar-refractivity contribution is 5.91. The monoisotopic (exact) mass is 315 g/mol. The highest BCUT2D eigenvalue weighted by Gasteiger charge is 2.30. The smallest absolute Gasteiger partial charge is 0.210 e. The van der Waals surface area contributed by atoms with Crippen molar-refractivity contribution >= 4 is 17.8 Å². The summed E-state index contributed by atoms with van der Waals surface area (Å²) in [6.07, 6.45) is 5.05. The molecule has 0 bridgehead atoms. The largest absolute Gasteiger partial charge is 0.383 e. The molecule has 0 saturated heterocycles. The second kappa shape index (κ2) is 8.70. The van der Waals surface area contributed by atoms with E-state index in [2.05, 4.69) is 50.4 Å². The molecule has 1 aliphatic rings. The number of rotatable bonds is 8. The summed E-state index contributed by atoms with van der Waals surface area (Å²) in [5.74, 6) is 0. The summed E-state index contributed by atoms with van der Waals surface area (Å²) < 4.78 is 0. The van der Waals surface area contributed by atoms with Gasteiger partial charge in [-0.05, 0) is 37.0 Å². The molecule has 0 spiro atoms. The highest BCUT2D eigenvalue weighted by Crippen LogP contribution is 2.19. The summed E-state index contributed by atoms with van der Waals surface area (Å²) in [5.41, 5.74) is 3.62. The maximum absolute atomic E-state index is 11.6. The Labute approximate surface area is 140 Å². The second-order valence-corrected chi connectivity index (χ2v) is 6.14. The Kier molecular flexibility index (Phi) is 6.63. The fourth-order valence-electron chi connectivity index (χ4n) is 3.22. The van der Waals surface area contributed by atoms with Crippen LogP contribution in [0.2, 0.25) is 0 Å². The molecule has 0 saturated carbocycles. The lowest BCUT2D eigenvalue weighted by Crippen LogP contribution is -2.53. The van der Waals surface area contributed by atoms with Crippen molar-refractivity contribution < 1.29 is 4.79 Å². The van der Waals surface area contributed by atoms with E-state index in [0.717, 1.165) is 44.3 Å². The molecule has 126 valence electrons. The van der Waals surface area contributed by atoms with Gasteiger partial charge in [-0.2, -0.15) is 0 Å². The maximum Gasteiger partial charge on any atom is 0.210 e. The van der Waals surface area contributed by atoms with Gasteiger partial charge in [0.25, 0.3) is 0 Å². The van der Waals surface area contributed by atoms with Crippen molar-refractivity contribution in [1.82, 2.24) is 4.90 Å². The normalized spacial score (nSPS) is 21.0. The molecule has 0 aromatic heterocycles. The molecule has 0 aliphatic carbocycles. The van der Waals surface area contributed by atoms with Crippen molar-refractivity contribution in [3.63, 3.8) is 0 Å². The summed E-state index contributed by atoms with van der Waals surface area (Å²) in [6.45, 7) is 7.89. The number of aliphatic imine (C=N–C) groups is 1. The van der Waals surface area contributed by atoms with Crippen molar-refractivity contribution in [3.8, 4) is 0 Å². The molecule has 2 atom stereocenters. The van der Waals surface area contributed by atoms with Crippen molar-refractivity contribution in [3.05, 3.63) is 29.8 Å². The quantitative estimate of drug-likeness (QED) is 0.746. The zero-order valence-corrected chi connectivity index (χ0v) is 14.6. The molecule has 1 amide bonds. The van der Waals surface area contributed by atoms with Gasteiger partial charge in [0.2, 0.25) is 6.41 Å². The van der Waals surface area contributed by atoms with E-state index in [0.29, 0.717) is 6.54 Å². The first-order chi connectivity index (χ1) is 11.2. The van der Waals surface area contributed by atoms with Gasteiger partial charge in [0.1, 0.15) is 0 Å². The van der Waals surface area contributed by atoms with Crippen molar-refractivity contribution in [2.75, 3.05) is 18.4 Å². The third-order valence-corrected chi connectivity index (χ3v) is 4.59. The molecule has 0 radical (unpaired) electrons. The van der Waals surface area contributed by atoms with Gasteiger partial charge in [-0.3, -0.25) is 9.79 Å². The summed E-state index contributed by atoms with van der Waals surface area (Å²) in [5, 5.41) is 3.45. The van der Waals surface area contributed by atoms with Crippen LogP contribution in [0.3, 0.4) is 0 Å². The number of anilines is 1. The molecule has 2 rings (SSSR count). The second-order valence-electron chi connectivity index (χ2n) is 6.14. The van der Waals surface area contributed by atoms with Gasteiger partial charge in [-0.1, -0.05) is 39.3 Å². The molecular weight excluding hydrogens is 286 g/mol. The predicted molar refractivity (Wildman–Crippen MR) is 97.3 cm³/mol. The first-order valence-electron chi connectivity index (χ1n) is 8.82. The Morgan fingerprint density at radius 2 is 2.00 bits per heavy atom. The zero-order valence-electron chi connectivity index (χ0n) is 14.6. The summed E-state index contributed by atoms with van der Waals surface area (Å²) in [6, 6.07) is 8.80. The third-order valence-electron chi connectivity index (χ3n) is 4.59. The van der Waals surface area contributed by atoms with E-state index in [9.17, 15) is 4.79 Å². The lowest BCUT2D eigenvalue weighted by Gasteiger charge is -2.39. The Morgan fingerprint density at radius 1 is 1.26 bits per heavy atom. The molecule has 1 N–H and O–H groups in total. The van der Waals surface area contributed by atoms with E-state index < -0.39 is 0 Å². The number of benzene rings is 1. The number of aryl methyl sites for hydroxylation is 1. The average Bonchev–Trinajstić information content (AvgIpc) is 2.60. The van der Waals surface area contributed by atoms with Gasteiger partial charge in [0.15, 0.2) is 0 Å². The first-order valence-corrected chi connectivity index (χ1v) is 8.82. The summed E-state index contributed by atoms with van der Waals surface area (Å²) >= 11 is 0. The molecule has 0 fully saturated rings. The number of amides is 1. The molecule has 2 unspecified atom stereocenters.